The van der Waals surface area contributed by atoms with E-state index in [9.17, 15) is 8.78 Å². The molecule has 0 aliphatic rings. The molecule has 1 N–H and O–H groups in total. The average molecular weight is 390 g/mol. The molecule has 0 aliphatic carbocycles. The number of hydrogen-bond donors (Lipinski definition) is 1. The molecule has 0 bridgehead atoms. The van der Waals surface area contributed by atoms with Crippen LogP contribution in [-0.2, 0) is 0 Å². The molecule has 0 radical (unpaired) electrons. The largest absolute Gasteiger partial charge is 0.497 e. The van der Waals surface area contributed by atoms with E-state index in [4.69, 9.17) is 19.3 Å². The van der Waals surface area contributed by atoms with Crippen LogP contribution in [0.3, 0.4) is 0 Å². The van der Waals surface area contributed by atoms with E-state index in [2.05, 4.69) is 5.10 Å². The average Bonchev–Trinajstić information content (AvgIpc) is 3.15. The van der Waals surface area contributed by atoms with Crippen LogP contribution in [-0.4, -0.2) is 48.2 Å². The van der Waals surface area contributed by atoms with Crippen LogP contribution in [0.25, 0.3) is 16.9 Å². The second-order valence-electron chi connectivity index (χ2n) is 5.78. The highest BCUT2D eigenvalue weighted by atomic mass is 19.3. The third-order valence-electron chi connectivity index (χ3n) is 3.87. The molecule has 2 aromatic carbocycles. The third-order valence-corrected chi connectivity index (χ3v) is 3.87. The minimum Gasteiger partial charge on any atom is -0.497 e. The van der Waals surface area contributed by atoms with Gasteiger partial charge in [-0.15, -0.1) is 5.10 Å². The van der Waals surface area contributed by atoms with E-state index in [1.54, 1.807) is 42.1 Å². The minimum absolute atomic E-state index is 0.0726. The summed E-state index contributed by atoms with van der Waals surface area (Å²) in [6.07, 6.45) is -2.59. The Hall–Kier alpha value is -3.13. The summed E-state index contributed by atoms with van der Waals surface area (Å²) in [6, 6.07) is 16.0. The molecule has 8 heteroatoms. The molecule has 0 saturated heterocycles. The highest BCUT2D eigenvalue weighted by Gasteiger charge is 2.14. The second kappa shape index (κ2) is 9.18. The number of halogens is 2. The van der Waals surface area contributed by atoms with Crippen LogP contribution in [0.2, 0.25) is 0 Å². The zero-order valence-corrected chi connectivity index (χ0v) is 15.2. The standard InChI is InChI=1S/C20H20F2N2O4/c1-26-16-8-4-15(5-9-16)24-18(12-20(23-24)28-13-19(21)22)14-2-6-17(7-3-14)27-11-10-25/h2-9,12,19,25H,10-11,13H2,1H3. The van der Waals surface area contributed by atoms with E-state index in [1.807, 2.05) is 24.3 Å². The van der Waals surface area contributed by atoms with Crippen LogP contribution in [0.4, 0.5) is 8.78 Å². The Bertz CT molecular complexity index is 880. The number of methoxy groups -OCH3 is 1. The maximum absolute atomic E-state index is 12.5. The first-order valence-corrected chi connectivity index (χ1v) is 8.60. The van der Waals surface area contributed by atoms with Gasteiger partial charge in [0.15, 0.2) is 6.61 Å². The Morgan fingerprint density at radius 1 is 1.00 bits per heavy atom. The van der Waals surface area contributed by atoms with Gasteiger partial charge in [-0.25, -0.2) is 13.5 Å². The van der Waals surface area contributed by atoms with Crippen molar-refractivity contribution in [2.75, 3.05) is 26.9 Å². The van der Waals surface area contributed by atoms with Crippen molar-refractivity contribution in [1.82, 2.24) is 9.78 Å². The van der Waals surface area contributed by atoms with Gasteiger partial charge in [0.1, 0.15) is 18.1 Å². The first kappa shape index (κ1) is 19.6. The van der Waals surface area contributed by atoms with Crippen molar-refractivity contribution in [1.29, 1.82) is 0 Å². The number of alkyl halides is 2. The summed E-state index contributed by atoms with van der Waals surface area (Å²) in [5, 5.41) is 13.2. The van der Waals surface area contributed by atoms with E-state index >= 15 is 0 Å². The summed E-state index contributed by atoms with van der Waals surface area (Å²) in [5.41, 5.74) is 2.19. The van der Waals surface area contributed by atoms with Gasteiger partial charge in [-0.05, 0) is 48.5 Å². The Kier molecular flexibility index (Phi) is 6.44. The molecule has 0 aliphatic heterocycles. The SMILES string of the molecule is COc1ccc(-n2nc(OCC(F)F)cc2-c2ccc(OCCO)cc2)cc1. The van der Waals surface area contributed by atoms with E-state index in [0.29, 0.717) is 17.2 Å². The molecule has 0 amide bonds. The topological polar surface area (TPSA) is 65.7 Å². The molecule has 0 spiro atoms. The monoisotopic (exact) mass is 390 g/mol. The Balaban J connectivity index is 1.94. The molecule has 6 nitrogen and oxygen atoms in total. The molecular formula is C20H20F2N2O4. The van der Waals surface area contributed by atoms with Gasteiger partial charge in [-0.2, -0.15) is 0 Å². The summed E-state index contributed by atoms with van der Waals surface area (Å²) in [4.78, 5) is 0. The number of ether oxygens (including phenoxy) is 3. The third kappa shape index (κ3) is 4.77. The van der Waals surface area contributed by atoms with Crippen LogP contribution in [0.1, 0.15) is 0 Å². The smallest absolute Gasteiger partial charge is 0.272 e. The zero-order valence-electron chi connectivity index (χ0n) is 15.2. The van der Waals surface area contributed by atoms with Gasteiger partial charge in [0.05, 0.1) is 25.1 Å². The number of benzene rings is 2. The molecule has 28 heavy (non-hydrogen) atoms. The van der Waals surface area contributed by atoms with Crippen molar-refractivity contribution in [2.24, 2.45) is 0 Å². The van der Waals surface area contributed by atoms with Crippen LogP contribution < -0.4 is 14.2 Å². The second-order valence-corrected chi connectivity index (χ2v) is 5.78. The Morgan fingerprint density at radius 2 is 1.68 bits per heavy atom. The van der Waals surface area contributed by atoms with Gasteiger partial charge < -0.3 is 19.3 Å². The van der Waals surface area contributed by atoms with Gasteiger partial charge in [-0.1, -0.05) is 0 Å². The molecule has 1 aromatic heterocycles. The number of hydrogen-bond acceptors (Lipinski definition) is 5. The van der Waals surface area contributed by atoms with Crippen LogP contribution in [0.5, 0.6) is 17.4 Å². The Labute approximate surface area is 160 Å². The molecule has 0 fully saturated rings. The number of rotatable bonds is 9. The summed E-state index contributed by atoms with van der Waals surface area (Å²) in [6.45, 7) is -0.599. The number of nitrogens with zero attached hydrogens (tertiary/aromatic N) is 2. The normalized spacial score (nSPS) is 10.9. The lowest BCUT2D eigenvalue weighted by atomic mass is 10.1. The minimum atomic E-state index is -2.59. The van der Waals surface area contributed by atoms with Gasteiger partial charge in [0, 0.05) is 11.6 Å². The van der Waals surface area contributed by atoms with E-state index in [-0.39, 0.29) is 19.1 Å². The van der Waals surface area contributed by atoms with E-state index in [1.165, 1.54) is 0 Å². The van der Waals surface area contributed by atoms with E-state index < -0.39 is 13.0 Å². The van der Waals surface area contributed by atoms with Crippen molar-refractivity contribution in [2.45, 2.75) is 6.43 Å². The van der Waals surface area contributed by atoms with Crippen LogP contribution >= 0.6 is 0 Å². The molecule has 0 unspecified atom stereocenters. The Morgan fingerprint density at radius 3 is 2.29 bits per heavy atom. The number of aliphatic hydroxyl groups is 1. The first-order valence-electron chi connectivity index (χ1n) is 8.60. The molecular weight excluding hydrogens is 370 g/mol. The van der Waals surface area contributed by atoms with Gasteiger partial charge in [0.25, 0.3) is 6.43 Å². The van der Waals surface area contributed by atoms with Crippen molar-refractivity contribution in [3.63, 3.8) is 0 Å². The summed E-state index contributed by atoms with van der Waals surface area (Å²) >= 11 is 0. The van der Waals surface area contributed by atoms with Crippen molar-refractivity contribution in [3.05, 3.63) is 54.6 Å². The quantitative estimate of drug-likeness (QED) is 0.605. The highest BCUT2D eigenvalue weighted by molar-refractivity contribution is 5.64. The predicted octanol–water partition coefficient (Wildman–Crippen LogP) is 3.56. The summed E-state index contributed by atoms with van der Waals surface area (Å²) in [7, 11) is 1.57. The first-order chi connectivity index (χ1) is 13.6. The maximum atomic E-state index is 12.5. The van der Waals surface area contributed by atoms with Crippen molar-refractivity contribution in [3.8, 4) is 34.3 Å². The molecule has 3 aromatic rings. The number of aromatic nitrogens is 2. The molecule has 0 atom stereocenters. The fraction of sp³-hybridized carbons (Fsp3) is 0.250. The zero-order chi connectivity index (χ0) is 19.9. The van der Waals surface area contributed by atoms with Crippen molar-refractivity contribution < 1.29 is 28.1 Å². The lowest BCUT2D eigenvalue weighted by Crippen LogP contribution is -2.07. The van der Waals surface area contributed by atoms with Gasteiger partial charge in [-0.3, -0.25) is 0 Å². The lowest BCUT2D eigenvalue weighted by Gasteiger charge is -2.09. The summed E-state index contributed by atoms with van der Waals surface area (Å²) < 4.78 is 42.2. The van der Waals surface area contributed by atoms with Gasteiger partial charge in [0.2, 0.25) is 5.88 Å². The summed E-state index contributed by atoms with van der Waals surface area (Å²) in [5.74, 6) is 1.41. The fourth-order valence-corrected chi connectivity index (χ4v) is 2.59. The van der Waals surface area contributed by atoms with Crippen LogP contribution in [0, 0.1) is 0 Å². The van der Waals surface area contributed by atoms with Crippen molar-refractivity contribution >= 4 is 0 Å². The predicted molar refractivity (Wildman–Crippen MR) is 99.6 cm³/mol. The van der Waals surface area contributed by atoms with E-state index in [0.717, 1.165) is 11.3 Å². The molecule has 1 heterocycles. The highest BCUT2D eigenvalue weighted by Crippen LogP contribution is 2.29. The molecule has 0 saturated carbocycles. The number of aliphatic hydroxyl groups excluding tert-OH is 1. The maximum Gasteiger partial charge on any atom is 0.272 e. The van der Waals surface area contributed by atoms with Gasteiger partial charge >= 0.3 is 0 Å². The molecule has 148 valence electrons. The molecule has 3 rings (SSSR count). The lowest BCUT2D eigenvalue weighted by molar-refractivity contribution is 0.0794. The van der Waals surface area contributed by atoms with Crippen LogP contribution in [0.15, 0.2) is 54.6 Å². The fourth-order valence-electron chi connectivity index (χ4n) is 2.59.